The van der Waals surface area contributed by atoms with Crippen molar-refractivity contribution in [3.05, 3.63) is 35.4 Å². The van der Waals surface area contributed by atoms with E-state index < -0.39 is 0 Å². The van der Waals surface area contributed by atoms with Crippen LogP contribution in [0.15, 0.2) is 29.3 Å². The van der Waals surface area contributed by atoms with Crippen molar-refractivity contribution in [1.82, 2.24) is 15.5 Å². The number of nitrogens with one attached hydrogen (secondary N) is 2. The number of hydrogen-bond acceptors (Lipinski definition) is 2. The molecule has 0 aromatic heterocycles. The summed E-state index contributed by atoms with van der Waals surface area (Å²) in [6.07, 6.45) is 5.88. The first kappa shape index (κ1) is 21.3. The molecule has 0 radical (unpaired) electrons. The van der Waals surface area contributed by atoms with Gasteiger partial charge in [0.2, 0.25) is 0 Å². The molecule has 1 amide bonds. The molecule has 1 aromatic carbocycles. The van der Waals surface area contributed by atoms with Crippen LogP contribution in [0.5, 0.6) is 0 Å². The molecule has 0 aliphatic carbocycles. The van der Waals surface area contributed by atoms with E-state index >= 15 is 0 Å². The Labute approximate surface area is 164 Å². The van der Waals surface area contributed by atoms with Gasteiger partial charge in [-0.3, -0.25) is 9.79 Å². The first-order valence-corrected chi connectivity index (χ1v) is 10.4. The number of carbonyl (C=O) groups excluding carboxylic acids is 1. The van der Waals surface area contributed by atoms with Crippen LogP contribution in [0.25, 0.3) is 0 Å². The number of piperidine rings is 1. The van der Waals surface area contributed by atoms with Gasteiger partial charge in [0.15, 0.2) is 5.96 Å². The Bertz CT molecular complexity index is 639. The molecule has 27 heavy (non-hydrogen) atoms. The van der Waals surface area contributed by atoms with Gasteiger partial charge in [0.1, 0.15) is 0 Å². The molecule has 0 bridgehead atoms. The van der Waals surface area contributed by atoms with Crippen molar-refractivity contribution >= 4 is 11.9 Å². The van der Waals surface area contributed by atoms with Gasteiger partial charge in [0.05, 0.1) is 0 Å². The molecule has 1 saturated heterocycles. The highest BCUT2D eigenvalue weighted by molar-refractivity contribution is 5.94. The molecule has 1 heterocycles. The molecule has 0 spiro atoms. The maximum atomic E-state index is 11.8. The number of aliphatic imine (C=N–C) groups is 1. The van der Waals surface area contributed by atoms with Crippen molar-refractivity contribution in [2.24, 2.45) is 10.4 Å². The summed E-state index contributed by atoms with van der Waals surface area (Å²) in [5.74, 6) is 0.985. The third-order valence-corrected chi connectivity index (χ3v) is 5.35. The van der Waals surface area contributed by atoms with Crippen molar-refractivity contribution in [3.63, 3.8) is 0 Å². The lowest BCUT2D eigenvalue weighted by atomic mass is 9.78. The van der Waals surface area contributed by atoms with E-state index in [2.05, 4.69) is 42.4 Å². The van der Waals surface area contributed by atoms with E-state index in [1.54, 1.807) is 7.05 Å². The summed E-state index contributed by atoms with van der Waals surface area (Å²) >= 11 is 0. The normalized spacial score (nSPS) is 20.4. The van der Waals surface area contributed by atoms with Gasteiger partial charge in [-0.15, -0.1) is 0 Å². The smallest absolute Gasteiger partial charge is 0.251 e. The zero-order valence-corrected chi connectivity index (χ0v) is 17.5. The third-order valence-electron chi connectivity index (χ3n) is 5.35. The van der Waals surface area contributed by atoms with Crippen molar-refractivity contribution in [3.8, 4) is 0 Å². The number of guanidine groups is 1. The standard InChI is InChI=1S/C22H36N4O/c1-5-12-22(3)13-8-15-26(17-22)21(24-6-2)25-14-11-18-9-7-10-19(16-18)20(27)23-4/h7,9-10,16H,5-6,8,11-15,17H2,1-4H3,(H,23,27)(H,24,25). The first-order chi connectivity index (χ1) is 13.0. The van der Waals surface area contributed by atoms with E-state index in [0.29, 0.717) is 11.0 Å². The third kappa shape index (κ3) is 6.26. The summed E-state index contributed by atoms with van der Waals surface area (Å²) in [5, 5.41) is 6.15. The molecular weight excluding hydrogens is 336 g/mol. The number of nitrogens with zero attached hydrogens (tertiary/aromatic N) is 2. The molecule has 1 fully saturated rings. The summed E-state index contributed by atoms with van der Waals surface area (Å²) in [6.45, 7) is 10.6. The van der Waals surface area contributed by atoms with E-state index in [1.165, 1.54) is 25.7 Å². The van der Waals surface area contributed by atoms with Gasteiger partial charge < -0.3 is 15.5 Å². The van der Waals surface area contributed by atoms with Gasteiger partial charge >= 0.3 is 0 Å². The van der Waals surface area contributed by atoms with Crippen LogP contribution in [0.1, 0.15) is 62.4 Å². The fraction of sp³-hybridized carbons (Fsp3) is 0.636. The predicted octanol–water partition coefficient (Wildman–Crippen LogP) is 3.46. The Balaban J connectivity index is 2.02. The van der Waals surface area contributed by atoms with Crippen molar-refractivity contribution in [2.75, 3.05) is 33.2 Å². The minimum absolute atomic E-state index is 0.0442. The Morgan fingerprint density at radius 2 is 2.15 bits per heavy atom. The quantitative estimate of drug-likeness (QED) is 0.569. The van der Waals surface area contributed by atoms with Crippen LogP contribution < -0.4 is 10.6 Å². The van der Waals surface area contributed by atoms with Gasteiger partial charge in [0.25, 0.3) is 5.91 Å². The maximum absolute atomic E-state index is 11.8. The Hall–Kier alpha value is -2.04. The molecule has 1 aromatic rings. The van der Waals surface area contributed by atoms with Crippen LogP contribution in [-0.2, 0) is 6.42 Å². The van der Waals surface area contributed by atoms with Crippen LogP contribution >= 0.6 is 0 Å². The molecule has 2 rings (SSSR count). The van der Waals surface area contributed by atoms with E-state index in [-0.39, 0.29) is 5.91 Å². The second-order valence-corrected chi connectivity index (χ2v) is 7.85. The average molecular weight is 373 g/mol. The molecule has 150 valence electrons. The Kier molecular flexibility index (Phi) is 8.14. The minimum atomic E-state index is -0.0442. The molecule has 1 unspecified atom stereocenters. The first-order valence-electron chi connectivity index (χ1n) is 10.4. The van der Waals surface area contributed by atoms with Crippen LogP contribution in [0.4, 0.5) is 0 Å². The largest absolute Gasteiger partial charge is 0.357 e. The summed E-state index contributed by atoms with van der Waals surface area (Å²) in [6, 6.07) is 7.81. The van der Waals surface area contributed by atoms with Crippen molar-refractivity contribution in [2.45, 2.75) is 52.9 Å². The lowest BCUT2D eigenvalue weighted by molar-refractivity contribution is 0.0963. The fourth-order valence-electron chi connectivity index (χ4n) is 4.03. The molecule has 2 N–H and O–H groups in total. The number of amides is 1. The lowest BCUT2D eigenvalue weighted by Gasteiger charge is -2.42. The zero-order valence-electron chi connectivity index (χ0n) is 17.5. The van der Waals surface area contributed by atoms with Crippen LogP contribution in [0.3, 0.4) is 0 Å². The summed E-state index contributed by atoms with van der Waals surface area (Å²) < 4.78 is 0. The number of carbonyl (C=O) groups is 1. The van der Waals surface area contributed by atoms with Gasteiger partial charge in [-0.05, 0) is 55.7 Å². The lowest BCUT2D eigenvalue weighted by Crippen LogP contribution is -2.49. The highest BCUT2D eigenvalue weighted by Gasteiger charge is 2.31. The van der Waals surface area contributed by atoms with Gasteiger partial charge in [-0.1, -0.05) is 32.4 Å². The van der Waals surface area contributed by atoms with Gasteiger partial charge in [-0.25, -0.2) is 0 Å². The highest BCUT2D eigenvalue weighted by Crippen LogP contribution is 2.33. The molecule has 0 saturated carbocycles. The van der Waals surface area contributed by atoms with E-state index in [1.807, 2.05) is 18.2 Å². The molecule has 1 aliphatic heterocycles. The van der Waals surface area contributed by atoms with Crippen molar-refractivity contribution < 1.29 is 4.79 Å². The van der Waals surface area contributed by atoms with Crippen LogP contribution in [-0.4, -0.2) is 50.0 Å². The summed E-state index contributed by atoms with van der Waals surface area (Å²) in [5.41, 5.74) is 2.24. The second kappa shape index (κ2) is 10.3. The SMILES string of the molecule is CCCC1(C)CCCN(C(=NCCc2cccc(C(=O)NC)c2)NCC)C1. The van der Waals surface area contributed by atoms with Crippen LogP contribution in [0.2, 0.25) is 0 Å². The summed E-state index contributed by atoms with van der Waals surface area (Å²) in [7, 11) is 1.66. The van der Waals surface area contributed by atoms with Crippen LogP contribution in [0, 0.1) is 5.41 Å². The number of rotatable bonds is 7. The zero-order chi connectivity index (χ0) is 19.7. The topological polar surface area (TPSA) is 56.7 Å². The molecule has 1 aliphatic rings. The fourth-order valence-corrected chi connectivity index (χ4v) is 4.03. The van der Waals surface area contributed by atoms with Gasteiger partial charge in [-0.2, -0.15) is 0 Å². The molecular formula is C22H36N4O. The van der Waals surface area contributed by atoms with E-state index in [9.17, 15) is 4.79 Å². The number of hydrogen-bond donors (Lipinski definition) is 2. The maximum Gasteiger partial charge on any atom is 0.251 e. The minimum Gasteiger partial charge on any atom is -0.357 e. The molecule has 5 heteroatoms. The summed E-state index contributed by atoms with van der Waals surface area (Å²) in [4.78, 5) is 19.1. The second-order valence-electron chi connectivity index (χ2n) is 7.85. The molecule has 1 atom stereocenters. The number of benzene rings is 1. The molecule has 5 nitrogen and oxygen atoms in total. The van der Waals surface area contributed by atoms with E-state index in [4.69, 9.17) is 4.99 Å². The van der Waals surface area contributed by atoms with Crippen molar-refractivity contribution in [1.29, 1.82) is 0 Å². The number of likely N-dealkylation sites (tertiary alicyclic amines) is 1. The Morgan fingerprint density at radius 3 is 2.85 bits per heavy atom. The highest BCUT2D eigenvalue weighted by atomic mass is 16.1. The average Bonchev–Trinajstić information content (AvgIpc) is 2.67. The predicted molar refractivity (Wildman–Crippen MR) is 113 cm³/mol. The van der Waals surface area contributed by atoms with Gasteiger partial charge in [0, 0.05) is 38.8 Å². The Morgan fingerprint density at radius 1 is 1.33 bits per heavy atom. The monoisotopic (exact) mass is 372 g/mol. The van der Waals surface area contributed by atoms with E-state index in [0.717, 1.165) is 44.1 Å².